The molecule has 63 heavy (non-hydrogen) atoms. The highest BCUT2D eigenvalue weighted by molar-refractivity contribution is 6.23. The van der Waals surface area contributed by atoms with Crippen LogP contribution in [0.2, 0.25) is 0 Å². The van der Waals surface area contributed by atoms with Crippen LogP contribution in [0.3, 0.4) is 0 Å². The van der Waals surface area contributed by atoms with E-state index in [0.717, 1.165) is 32.1 Å². The molecule has 12 rings (SSSR count). The van der Waals surface area contributed by atoms with Crippen LogP contribution in [0.15, 0.2) is 206 Å². The van der Waals surface area contributed by atoms with E-state index in [2.05, 4.69) is 223 Å². The minimum atomic E-state index is 0.0627. The Bertz CT molecular complexity index is 3330. The molecule has 0 N–H and O–H groups in total. The molecule has 9 aromatic rings. The lowest BCUT2D eigenvalue weighted by atomic mass is 9.77. The fraction of sp³-hybridized carbons (Fsp3) is 0.0968. The number of hydrogen-bond donors (Lipinski definition) is 0. The van der Waals surface area contributed by atoms with Crippen LogP contribution >= 0.6 is 0 Å². The van der Waals surface area contributed by atoms with Crippen LogP contribution < -0.4 is 4.90 Å². The second-order valence-electron chi connectivity index (χ2n) is 17.3. The van der Waals surface area contributed by atoms with Crippen LogP contribution in [0.5, 0.6) is 0 Å². The van der Waals surface area contributed by atoms with Gasteiger partial charge < -0.3 is 4.90 Å². The van der Waals surface area contributed by atoms with Gasteiger partial charge >= 0.3 is 0 Å². The van der Waals surface area contributed by atoms with Crippen molar-refractivity contribution in [3.05, 3.63) is 234 Å². The Morgan fingerprint density at radius 2 is 1.08 bits per heavy atom. The summed E-state index contributed by atoms with van der Waals surface area (Å²) in [5.41, 5.74) is 18.3. The van der Waals surface area contributed by atoms with E-state index in [1.165, 1.54) is 110 Å². The van der Waals surface area contributed by atoms with Gasteiger partial charge in [-0.1, -0.05) is 194 Å². The summed E-state index contributed by atoms with van der Waals surface area (Å²) in [6.07, 6.45) is 21.7. The van der Waals surface area contributed by atoms with Crippen LogP contribution in [0, 0.1) is 0 Å². The summed E-state index contributed by atoms with van der Waals surface area (Å²) in [7, 11) is 0. The Morgan fingerprint density at radius 3 is 1.79 bits per heavy atom. The summed E-state index contributed by atoms with van der Waals surface area (Å²) in [4.78, 5) is 2.65. The zero-order valence-electron chi connectivity index (χ0n) is 35.3. The summed E-state index contributed by atoms with van der Waals surface area (Å²) < 4.78 is 0. The van der Waals surface area contributed by atoms with Crippen LogP contribution in [0.25, 0.3) is 83.4 Å². The molecule has 0 amide bonds. The van der Waals surface area contributed by atoms with Gasteiger partial charge in [0.1, 0.15) is 0 Å². The molecule has 0 aliphatic heterocycles. The molecule has 0 heterocycles. The largest absolute Gasteiger partial charge is 0.334 e. The van der Waals surface area contributed by atoms with Crippen molar-refractivity contribution in [2.45, 2.75) is 38.1 Å². The van der Waals surface area contributed by atoms with Gasteiger partial charge in [0.2, 0.25) is 0 Å². The fourth-order valence-electron chi connectivity index (χ4n) is 10.8. The predicted molar refractivity (Wildman–Crippen MR) is 271 cm³/mol. The Balaban J connectivity index is 1.13. The van der Waals surface area contributed by atoms with Crippen molar-refractivity contribution < 1.29 is 0 Å². The quantitative estimate of drug-likeness (QED) is 0.145. The maximum Gasteiger partial charge on any atom is 0.0566 e. The molecular formula is C62H47N. The Kier molecular flexibility index (Phi) is 9.33. The Hall–Kier alpha value is -7.48. The van der Waals surface area contributed by atoms with Crippen molar-refractivity contribution in [1.82, 2.24) is 0 Å². The van der Waals surface area contributed by atoms with Crippen LogP contribution in [0.4, 0.5) is 11.4 Å². The number of nitrogens with zero attached hydrogens (tertiary/aromatic N) is 1. The number of benzene rings is 9. The molecule has 0 saturated heterocycles. The van der Waals surface area contributed by atoms with E-state index in [1.807, 2.05) is 0 Å². The van der Waals surface area contributed by atoms with Gasteiger partial charge in [-0.2, -0.15) is 0 Å². The van der Waals surface area contributed by atoms with Gasteiger partial charge in [-0.15, -0.1) is 0 Å². The third-order valence-corrected chi connectivity index (χ3v) is 13.7. The second-order valence-corrected chi connectivity index (χ2v) is 17.3. The standard InChI is InChI=1S/C62H47N/c1-5-19-42(20-6-1)43-33-35-48(36-34-43)63(59-39-47-27-13-14-28-50(47)51-29-15-17-31-53(51)59)49-37-38-55-58(40-49)52-30-16-18-32-54(52)61-57(45-23-9-3-10-24-45)41-56(44-21-7-2-8-22-44)60(62(55)61)46-25-11-4-12-26-46/h1-11,14-25,28-39,41,49H,12-13,26-27,40H2. The molecule has 3 aliphatic rings. The molecule has 1 atom stereocenters. The number of aryl methyl sites for hydroxylation is 1. The lowest BCUT2D eigenvalue weighted by Crippen LogP contribution is -2.33. The van der Waals surface area contributed by atoms with Gasteiger partial charge in [0.15, 0.2) is 0 Å². The van der Waals surface area contributed by atoms with Crippen molar-refractivity contribution >= 4 is 61.4 Å². The summed E-state index contributed by atoms with van der Waals surface area (Å²) in [5.74, 6) is 0. The summed E-state index contributed by atoms with van der Waals surface area (Å²) in [6.45, 7) is 0. The molecule has 9 aromatic carbocycles. The minimum absolute atomic E-state index is 0.0627. The molecule has 0 radical (unpaired) electrons. The lowest BCUT2D eigenvalue weighted by Gasteiger charge is -2.37. The van der Waals surface area contributed by atoms with Crippen LogP contribution in [-0.2, 0) is 12.8 Å². The Morgan fingerprint density at radius 1 is 0.460 bits per heavy atom. The SMILES string of the molecule is C1=CCCC(c2c(-c3ccccc3)cc(-c3ccccc3)c3c2c2c(c4ccccc43)CC(N(c3ccc(-c4ccccc4)cc3)c3cc4c(c5ccccc35)C=CCC4)C=C2)=C1. The average molecular weight is 806 g/mol. The number of hydrogen-bond acceptors (Lipinski definition) is 1. The van der Waals surface area contributed by atoms with Gasteiger partial charge in [0.25, 0.3) is 0 Å². The number of anilines is 2. The molecular weight excluding hydrogens is 759 g/mol. The highest BCUT2D eigenvalue weighted by Gasteiger charge is 2.30. The van der Waals surface area contributed by atoms with Gasteiger partial charge in [-0.3, -0.25) is 0 Å². The molecule has 0 saturated carbocycles. The van der Waals surface area contributed by atoms with Crippen molar-refractivity contribution in [2.24, 2.45) is 0 Å². The van der Waals surface area contributed by atoms with Crippen molar-refractivity contribution in [3.63, 3.8) is 0 Å². The molecule has 3 aliphatic carbocycles. The smallest absolute Gasteiger partial charge is 0.0566 e. The normalized spacial score (nSPS) is 15.4. The zero-order valence-corrected chi connectivity index (χ0v) is 35.3. The molecule has 0 bridgehead atoms. The monoisotopic (exact) mass is 805 g/mol. The fourth-order valence-corrected chi connectivity index (χ4v) is 10.8. The average Bonchev–Trinajstić information content (AvgIpc) is 3.37. The van der Waals surface area contributed by atoms with E-state index in [0.29, 0.717) is 0 Å². The predicted octanol–water partition coefficient (Wildman–Crippen LogP) is 16.6. The third-order valence-electron chi connectivity index (χ3n) is 13.7. The number of fused-ring (bicyclic) bond motifs is 9. The first-order chi connectivity index (χ1) is 31.3. The minimum Gasteiger partial charge on any atom is -0.334 e. The second kappa shape index (κ2) is 15.8. The van der Waals surface area contributed by atoms with E-state index in [4.69, 9.17) is 0 Å². The molecule has 1 nitrogen and oxygen atoms in total. The van der Waals surface area contributed by atoms with Crippen molar-refractivity contribution in [2.75, 3.05) is 4.90 Å². The number of rotatable bonds is 7. The molecule has 0 aromatic heterocycles. The van der Waals surface area contributed by atoms with E-state index in [-0.39, 0.29) is 6.04 Å². The highest BCUT2D eigenvalue weighted by Crippen LogP contribution is 2.50. The lowest BCUT2D eigenvalue weighted by molar-refractivity contribution is 0.773. The van der Waals surface area contributed by atoms with Crippen LogP contribution in [0.1, 0.15) is 47.1 Å². The maximum atomic E-state index is 2.65. The first kappa shape index (κ1) is 37.3. The van der Waals surface area contributed by atoms with Crippen LogP contribution in [-0.4, -0.2) is 6.04 Å². The molecule has 0 fully saturated rings. The van der Waals surface area contributed by atoms with Gasteiger partial charge in [0.05, 0.1) is 6.04 Å². The first-order valence-electron chi connectivity index (χ1n) is 22.6. The van der Waals surface area contributed by atoms with Gasteiger partial charge in [-0.05, 0) is 150 Å². The zero-order chi connectivity index (χ0) is 41.7. The van der Waals surface area contributed by atoms with E-state index in [1.54, 1.807) is 0 Å². The molecule has 1 unspecified atom stereocenters. The summed E-state index contributed by atoms with van der Waals surface area (Å²) >= 11 is 0. The van der Waals surface area contributed by atoms with Gasteiger partial charge in [0, 0.05) is 16.8 Å². The van der Waals surface area contributed by atoms with E-state index < -0.39 is 0 Å². The third kappa shape index (κ3) is 6.46. The Labute approximate surface area is 370 Å². The van der Waals surface area contributed by atoms with E-state index in [9.17, 15) is 0 Å². The van der Waals surface area contributed by atoms with Gasteiger partial charge in [-0.25, -0.2) is 0 Å². The summed E-state index contributed by atoms with van der Waals surface area (Å²) in [5, 5.41) is 7.97. The number of allylic oxidation sites excluding steroid dienone is 5. The highest BCUT2D eigenvalue weighted by atomic mass is 15.2. The summed E-state index contributed by atoms with van der Waals surface area (Å²) in [6, 6.07) is 65.5. The van der Waals surface area contributed by atoms with Crippen molar-refractivity contribution in [3.8, 4) is 33.4 Å². The topological polar surface area (TPSA) is 3.24 Å². The maximum absolute atomic E-state index is 2.65. The van der Waals surface area contributed by atoms with E-state index >= 15 is 0 Å². The molecule has 0 spiro atoms. The molecule has 300 valence electrons. The first-order valence-corrected chi connectivity index (χ1v) is 22.6. The molecule has 1 heteroatoms. The van der Waals surface area contributed by atoms with Crippen molar-refractivity contribution in [1.29, 1.82) is 0 Å².